The maximum Gasteiger partial charge on any atom is 0.0312 e. The Labute approximate surface area is 98.5 Å². The zero-order chi connectivity index (χ0) is 11.3. The second-order valence-corrected chi connectivity index (χ2v) is 5.19. The summed E-state index contributed by atoms with van der Waals surface area (Å²) in [6.45, 7) is 3.32. The van der Waals surface area contributed by atoms with E-state index in [1.165, 1.54) is 44.1 Å². The van der Waals surface area contributed by atoms with Gasteiger partial charge in [0, 0.05) is 24.5 Å². The van der Waals surface area contributed by atoms with Crippen molar-refractivity contribution in [1.29, 1.82) is 0 Å². The fourth-order valence-corrected chi connectivity index (χ4v) is 2.50. The molecule has 1 N–H and O–H groups in total. The number of pyridine rings is 1. The summed E-state index contributed by atoms with van der Waals surface area (Å²) in [5.74, 6) is 0. The van der Waals surface area contributed by atoms with Gasteiger partial charge in [0.1, 0.15) is 0 Å². The van der Waals surface area contributed by atoms with Crippen LogP contribution in [0.25, 0.3) is 0 Å². The average molecular weight is 218 g/mol. The Hall–Kier alpha value is -0.890. The van der Waals surface area contributed by atoms with E-state index in [1.807, 2.05) is 18.5 Å². The van der Waals surface area contributed by atoms with Crippen molar-refractivity contribution in [2.45, 2.75) is 57.5 Å². The molecule has 0 aliphatic heterocycles. The molecule has 2 nitrogen and oxygen atoms in total. The number of hydrogen-bond donors (Lipinski definition) is 1. The molecule has 0 unspecified atom stereocenters. The molecule has 0 aromatic carbocycles. The van der Waals surface area contributed by atoms with Gasteiger partial charge in [-0.25, -0.2) is 0 Å². The van der Waals surface area contributed by atoms with Crippen molar-refractivity contribution < 1.29 is 0 Å². The fourth-order valence-electron chi connectivity index (χ4n) is 2.50. The average Bonchev–Trinajstić information content (AvgIpc) is 2.54. The third-order valence-electron chi connectivity index (χ3n) is 3.65. The lowest BCUT2D eigenvalue weighted by atomic mass is 9.92. The van der Waals surface area contributed by atoms with Gasteiger partial charge in [0.05, 0.1) is 0 Å². The number of hydrogen-bond acceptors (Lipinski definition) is 2. The van der Waals surface area contributed by atoms with E-state index in [9.17, 15) is 0 Å². The second-order valence-electron chi connectivity index (χ2n) is 5.19. The van der Waals surface area contributed by atoms with Crippen molar-refractivity contribution in [2.24, 2.45) is 0 Å². The van der Waals surface area contributed by atoms with Crippen LogP contribution in [0.2, 0.25) is 0 Å². The molecule has 16 heavy (non-hydrogen) atoms. The molecule has 0 spiro atoms. The molecule has 2 rings (SSSR count). The third-order valence-corrected chi connectivity index (χ3v) is 3.65. The molecule has 0 atom stereocenters. The predicted octanol–water partition coefficient (Wildman–Crippen LogP) is 3.28. The zero-order valence-corrected chi connectivity index (χ0v) is 10.2. The maximum atomic E-state index is 4.15. The number of aromatic nitrogens is 1. The molecule has 1 aliphatic carbocycles. The van der Waals surface area contributed by atoms with Gasteiger partial charge in [0.15, 0.2) is 0 Å². The summed E-state index contributed by atoms with van der Waals surface area (Å²) in [5.41, 5.74) is 1.62. The minimum Gasteiger partial charge on any atom is -0.307 e. The number of rotatable bonds is 3. The molecule has 0 saturated heterocycles. The summed E-state index contributed by atoms with van der Waals surface area (Å²) < 4.78 is 0. The van der Waals surface area contributed by atoms with Crippen LogP contribution >= 0.6 is 0 Å². The predicted molar refractivity (Wildman–Crippen MR) is 67.2 cm³/mol. The molecular formula is C14H22N2. The third kappa shape index (κ3) is 3.31. The highest BCUT2D eigenvalue weighted by Crippen LogP contribution is 2.26. The summed E-state index contributed by atoms with van der Waals surface area (Å²) in [6.07, 6.45) is 12.0. The fraction of sp³-hybridized carbons (Fsp3) is 0.643. The Kier molecular flexibility index (Phi) is 3.94. The van der Waals surface area contributed by atoms with E-state index in [-0.39, 0.29) is 0 Å². The maximum absolute atomic E-state index is 4.15. The molecule has 1 heterocycles. The molecular weight excluding hydrogens is 196 g/mol. The topological polar surface area (TPSA) is 24.9 Å². The van der Waals surface area contributed by atoms with Gasteiger partial charge < -0.3 is 5.32 Å². The van der Waals surface area contributed by atoms with Crippen molar-refractivity contribution in [1.82, 2.24) is 10.3 Å². The molecule has 1 aromatic rings. The van der Waals surface area contributed by atoms with Crippen LogP contribution in [0, 0.1) is 0 Å². The monoisotopic (exact) mass is 218 g/mol. The molecule has 1 aromatic heterocycles. The van der Waals surface area contributed by atoms with Crippen molar-refractivity contribution >= 4 is 0 Å². The van der Waals surface area contributed by atoms with Crippen LogP contribution in [-0.2, 0) is 6.54 Å². The number of nitrogens with zero attached hydrogens (tertiary/aromatic N) is 1. The van der Waals surface area contributed by atoms with Crippen LogP contribution < -0.4 is 5.32 Å². The number of nitrogens with one attached hydrogen (secondary N) is 1. The van der Waals surface area contributed by atoms with E-state index >= 15 is 0 Å². The van der Waals surface area contributed by atoms with Gasteiger partial charge in [-0.05, 0) is 31.4 Å². The van der Waals surface area contributed by atoms with Gasteiger partial charge in [-0.2, -0.15) is 0 Å². The Bertz CT molecular complexity index is 300. The molecule has 1 aliphatic rings. The molecule has 1 fully saturated rings. The van der Waals surface area contributed by atoms with E-state index in [1.54, 1.807) is 0 Å². The van der Waals surface area contributed by atoms with E-state index in [2.05, 4.69) is 23.3 Å². The molecule has 0 bridgehead atoms. The smallest absolute Gasteiger partial charge is 0.0312 e. The van der Waals surface area contributed by atoms with Crippen molar-refractivity contribution in [3.63, 3.8) is 0 Å². The Morgan fingerprint density at radius 3 is 2.62 bits per heavy atom. The lowest BCUT2D eigenvalue weighted by Crippen LogP contribution is -2.41. The van der Waals surface area contributed by atoms with Gasteiger partial charge >= 0.3 is 0 Å². The molecule has 1 saturated carbocycles. The van der Waals surface area contributed by atoms with Crippen LogP contribution in [0.15, 0.2) is 24.5 Å². The van der Waals surface area contributed by atoms with Crippen molar-refractivity contribution in [3.8, 4) is 0 Å². The van der Waals surface area contributed by atoms with E-state index in [4.69, 9.17) is 0 Å². The minimum atomic E-state index is 0.340. The zero-order valence-electron chi connectivity index (χ0n) is 10.2. The molecule has 0 amide bonds. The first kappa shape index (κ1) is 11.6. The quantitative estimate of drug-likeness (QED) is 0.787. The van der Waals surface area contributed by atoms with E-state index in [0.717, 1.165) is 6.54 Å². The van der Waals surface area contributed by atoms with Crippen LogP contribution in [0.1, 0.15) is 51.0 Å². The summed E-state index contributed by atoms with van der Waals surface area (Å²) in [6, 6.07) is 4.15. The van der Waals surface area contributed by atoms with E-state index in [0.29, 0.717) is 5.54 Å². The summed E-state index contributed by atoms with van der Waals surface area (Å²) in [7, 11) is 0. The van der Waals surface area contributed by atoms with Gasteiger partial charge in [-0.15, -0.1) is 0 Å². The largest absolute Gasteiger partial charge is 0.307 e. The first-order valence-corrected chi connectivity index (χ1v) is 6.42. The summed E-state index contributed by atoms with van der Waals surface area (Å²) in [5, 5.41) is 3.71. The second kappa shape index (κ2) is 5.44. The van der Waals surface area contributed by atoms with Crippen LogP contribution in [0.3, 0.4) is 0 Å². The first-order valence-electron chi connectivity index (χ1n) is 6.42. The van der Waals surface area contributed by atoms with Gasteiger partial charge in [-0.3, -0.25) is 4.98 Å². The lowest BCUT2D eigenvalue weighted by molar-refractivity contribution is 0.311. The highest BCUT2D eigenvalue weighted by molar-refractivity contribution is 5.08. The van der Waals surface area contributed by atoms with Crippen molar-refractivity contribution in [3.05, 3.63) is 30.1 Å². The summed E-state index contributed by atoms with van der Waals surface area (Å²) in [4.78, 5) is 4.15. The normalized spacial score (nSPS) is 20.3. The van der Waals surface area contributed by atoms with Crippen molar-refractivity contribution in [2.75, 3.05) is 0 Å². The Balaban J connectivity index is 1.88. The Morgan fingerprint density at radius 2 is 2.00 bits per heavy atom. The standard InChI is InChI=1S/C14H22N2/c1-14(8-4-2-3-5-9-14)16-12-13-7-6-10-15-11-13/h6-7,10-11,16H,2-5,8-9,12H2,1H3. The lowest BCUT2D eigenvalue weighted by Gasteiger charge is -2.29. The van der Waals surface area contributed by atoms with Gasteiger partial charge in [-0.1, -0.05) is 31.7 Å². The highest BCUT2D eigenvalue weighted by atomic mass is 15.0. The molecule has 88 valence electrons. The summed E-state index contributed by atoms with van der Waals surface area (Å²) >= 11 is 0. The molecule has 0 radical (unpaired) electrons. The first-order chi connectivity index (χ1) is 7.79. The minimum absolute atomic E-state index is 0.340. The van der Waals surface area contributed by atoms with Gasteiger partial charge in [0.2, 0.25) is 0 Å². The van der Waals surface area contributed by atoms with Gasteiger partial charge in [0.25, 0.3) is 0 Å². The van der Waals surface area contributed by atoms with Crippen LogP contribution in [0.4, 0.5) is 0 Å². The Morgan fingerprint density at radius 1 is 1.25 bits per heavy atom. The molecule has 2 heteroatoms. The van der Waals surface area contributed by atoms with Crippen LogP contribution in [0.5, 0.6) is 0 Å². The van der Waals surface area contributed by atoms with Crippen LogP contribution in [-0.4, -0.2) is 10.5 Å². The SMILES string of the molecule is CC1(NCc2cccnc2)CCCCCC1. The van der Waals surface area contributed by atoms with E-state index < -0.39 is 0 Å². The highest BCUT2D eigenvalue weighted by Gasteiger charge is 2.24.